The van der Waals surface area contributed by atoms with E-state index >= 15 is 0 Å². The molecule has 0 saturated carbocycles. The first kappa shape index (κ1) is 15.6. The van der Waals surface area contributed by atoms with Gasteiger partial charge in [-0.1, -0.05) is 11.6 Å². The zero-order valence-electron chi connectivity index (χ0n) is 10.3. The first-order valence-electron chi connectivity index (χ1n) is 5.91. The second-order valence-corrected chi connectivity index (χ2v) is 6.73. The lowest BCUT2D eigenvalue weighted by Crippen LogP contribution is -2.89. The van der Waals surface area contributed by atoms with Gasteiger partial charge >= 0.3 is 6.18 Å². The minimum atomic E-state index is -4.61. The zero-order chi connectivity index (χ0) is 15.0. The van der Waals surface area contributed by atoms with E-state index in [2.05, 4.69) is 0 Å². The number of rotatable bonds is 2. The van der Waals surface area contributed by atoms with E-state index in [1.54, 1.807) is 0 Å². The number of sulfonamides is 1. The van der Waals surface area contributed by atoms with Crippen molar-refractivity contribution in [2.75, 3.05) is 26.2 Å². The molecule has 1 fully saturated rings. The number of nitrogens with two attached hydrogens (primary N) is 1. The van der Waals surface area contributed by atoms with E-state index in [1.807, 2.05) is 5.32 Å². The van der Waals surface area contributed by atoms with Crippen molar-refractivity contribution in [3.63, 3.8) is 0 Å². The second-order valence-electron chi connectivity index (χ2n) is 4.41. The van der Waals surface area contributed by atoms with Crippen LogP contribution < -0.4 is 5.32 Å². The molecule has 0 amide bonds. The average molecular weight is 330 g/mol. The standard InChI is InChI=1S/C11H12ClF3N2O2S/c12-9-2-1-8(11(13,14)15)7-10(9)20(18,19)17-5-3-16-4-6-17/h1-2,7,16H,3-6H2/p+1. The average Bonchev–Trinajstić information content (AvgIpc) is 2.38. The molecule has 0 radical (unpaired) electrons. The van der Waals surface area contributed by atoms with Gasteiger partial charge in [-0.2, -0.15) is 17.5 Å². The fourth-order valence-corrected chi connectivity index (χ4v) is 3.95. The SMILES string of the molecule is O=S(=O)(c1cc(C(F)(F)F)ccc1Cl)N1CC[NH2+]CC1. The van der Waals surface area contributed by atoms with Crippen molar-refractivity contribution in [2.24, 2.45) is 0 Å². The third kappa shape index (κ3) is 3.08. The number of benzene rings is 1. The highest BCUT2D eigenvalue weighted by Gasteiger charge is 2.35. The Morgan fingerprint density at radius 3 is 2.35 bits per heavy atom. The second kappa shape index (κ2) is 5.51. The monoisotopic (exact) mass is 329 g/mol. The lowest BCUT2D eigenvalue weighted by atomic mass is 10.2. The van der Waals surface area contributed by atoms with Crippen LogP contribution in [0.3, 0.4) is 0 Å². The van der Waals surface area contributed by atoms with Crippen molar-refractivity contribution in [2.45, 2.75) is 11.1 Å². The number of hydrogen-bond donors (Lipinski definition) is 1. The Balaban J connectivity index is 2.45. The predicted molar refractivity (Wildman–Crippen MR) is 66.9 cm³/mol. The lowest BCUT2D eigenvalue weighted by Gasteiger charge is -2.25. The van der Waals surface area contributed by atoms with E-state index in [0.29, 0.717) is 19.2 Å². The maximum absolute atomic E-state index is 12.7. The van der Waals surface area contributed by atoms with E-state index in [-0.39, 0.29) is 18.1 Å². The van der Waals surface area contributed by atoms with Crippen molar-refractivity contribution in [1.82, 2.24) is 4.31 Å². The molecule has 1 aliphatic rings. The first-order chi connectivity index (χ1) is 9.23. The molecular formula is C11H13ClF3N2O2S+. The summed E-state index contributed by atoms with van der Waals surface area (Å²) in [6.07, 6.45) is -4.61. The molecular weight excluding hydrogens is 317 g/mol. The normalized spacial score (nSPS) is 18.2. The zero-order valence-corrected chi connectivity index (χ0v) is 11.9. The Morgan fingerprint density at radius 2 is 1.80 bits per heavy atom. The topological polar surface area (TPSA) is 54.0 Å². The summed E-state index contributed by atoms with van der Waals surface area (Å²) in [6, 6.07) is 2.33. The molecule has 1 saturated heterocycles. The summed E-state index contributed by atoms with van der Waals surface area (Å²) >= 11 is 5.77. The molecule has 0 aromatic heterocycles. The Morgan fingerprint density at radius 1 is 1.20 bits per heavy atom. The molecule has 2 N–H and O–H groups in total. The Labute approximate surface area is 119 Å². The molecule has 0 bridgehead atoms. The summed E-state index contributed by atoms with van der Waals surface area (Å²) < 4.78 is 63.9. The number of halogens is 4. The van der Waals surface area contributed by atoms with Crippen molar-refractivity contribution in [3.05, 3.63) is 28.8 Å². The lowest BCUT2D eigenvalue weighted by molar-refractivity contribution is -0.661. The van der Waals surface area contributed by atoms with Crippen LogP contribution in [0.4, 0.5) is 13.2 Å². The van der Waals surface area contributed by atoms with Crippen LogP contribution in [0.25, 0.3) is 0 Å². The molecule has 2 rings (SSSR count). The predicted octanol–water partition coefficient (Wildman–Crippen LogP) is 0.927. The van der Waals surface area contributed by atoms with Crippen LogP contribution in [0.15, 0.2) is 23.1 Å². The van der Waals surface area contributed by atoms with Crippen LogP contribution in [0.2, 0.25) is 5.02 Å². The summed E-state index contributed by atoms with van der Waals surface area (Å²) in [5, 5.41) is 1.74. The van der Waals surface area contributed by atoms with Crippen molar-refractivity contribution in [1.29, 1.82) is 0 Å². The quantitative estimate of drug-likeness (QED) is 0.877. The minimum Gasteiger partial charge on any atom is -0.344 e. The highest BCUT2D eigenvalue weighted by molar-refractivity contribution is 7.89. The molecule has 20 heavy (non-hydrogen) atoms. The first-order valence-corrected chi connectivity index (χ1v) is 7.73. The van der Waals surface area contributed by atoms with Gasteiger partial charge in [-0.3, -0.25) is 0 Å². The van der Waals surface area contributed by atoms with Gasteiger partial charge in [0.1, 0.15) is 4.90 Å². The Bertz CT molecular complexity index is 598. The van der Waals surface area contributed by atoms with Crippen LogP contribution in [0.1, 0.15) is 5.56 Å². The molecule has 0 unspecified atom stereocenters. The maximum Gasteiger partial charge on any atom is 0.416 e. The van der Waals surface area contributed by atoms with E-state index in [9.17, 15) is 21.6 Å². The third-order valence-corrected chi connectivity index (χ3v) is 5.42. The van der Waals surface area contributed by atoms with E-state index in [1.165, 1.54) is 0 Å². The smallest absolute Gasteiger partial charge is 0.344 e. The van der Waals surface area contributed by atoms with E-state index < -0.39 is 26.7 Å². The van der Waals surface area contributed by atoms with Crippen LogP contribution >= 0.6 is 11.6 Å². The Hall–Kier alpha value is -0.830. The van der Waals surface area contributed by atoms with Gasteiger partial charge in [0, 0.05) is 0 Å². The molecule has 0 atom stereocenters. The summed E-state index contributed by atoms with van der Waals surface area (Å²) in [5.74, 6) is 0. The molecule has 112 valence electrons. The largest absolute Gasteiger partial charge is 0.416 e. The molecule has 0 aliphatic carbocycles. The van der Waals surface area contributed by atoms with Crippen LogP contribution in [0.5, 0.6) is 0 Å². The van der Waals surface area contributed by atoms with Gasteiger partial charge in [-0.15, -0.1) is 0 Å². The summed E-state index contributed by atoms with van der Waals surface area (Å²) in [6.45, 7) is 1.68. The number of piperazine rings is 1. The van der Waals surface area contributed by atoms with E-state index in [4.69, 9.17) is 11.6 Å². The van der Waals surface area contributed by atoms with Gasteiger partial charge in [-0.25, -0.2) is 8.42 Å². The maximum atomic E-state index is 12.7. The minimum absolute atomic E-state index is 0.201. The number of hydrogen-bond acceptors (Lipinski definition) is 2. The highest BCUT2D eigenvalue weighted by Crippen LogP contribution is 2.34. The van der Waals surface area contributed by atoms with Gasteiger partial charge in [0.15, 0.2) is 0 Å². The molecule has 1 aromatic carbocycles. The fourth-order valence-electron chi connectivity index (χ4n) is 1.98. The van der Waals surface area contributed by atoms with Crippen molar-refractivity contribution >= 4 is 21.6 Å². The molecule has 9 heteroatoms. The molecule has 1 heterocycles. The van der Waals surface area contributed by atoms with Gasteiger partial charge in [0.05, 0.1) is 36.8 Å². The van der Waals surface area contributed by atoms with Gasteiger partial charge in [0.2, 0.25) is 10.0 Å². The van der Waals surface area contributed by atoms with Crippen LogP contribution in [-0.4, -0.2) is 38.9 Å². The molecule has 1 aromatic rings. The van der Waals surface area contributed by atoms with E-state index in [0.717, 1.165) is 16.4 Å². The van der Waals surface area contributed by atoms with Gasteiger partial charge in [-0.05, 0) is 18.2 Å². The van der Waals surface area contributed by atoms with Gasteiger partial charge in [0.25, 0.3) is 0 Å². The fraction of sp³-hybridized carbons (Fsp3) is 0.455. The molecule has 1 aliphatic heterocycles. The number of alkyl halides is 3. The van der Waals surface area contributed by atoms with Gasteiger partial charge < -0.3 is 5.32 Å². The van der Waals surface area contributed by atoms with Crippen LogP contribution in [0, 0.1) is 0 Å². The third-order valence-electron chi connectivity index (χ3n) is 3.04. The molecule has 0 spiro atoms. The van der Waals surface area contributed by atoms with Crippen molar-refractivity contribution < 1.29 is 26.9 Å². The highest BCUT2D eigenvalue weighted by atomic mass is 35.5. The summed E-state index contributed by atoms with van der Waals surface area (Å²) in [5.41, 5.74) is -1.02. The van der Waals surface area contributed by atoms with Crippen molar-refractivity contribution in [3.8, 4) is 0 Å². The molecule has 4 nitrogen and oxygen atoms in total. The summed E-state index contributed by atoms with van der Waals surface area (Å²) in [4.78, 5) is -0.490. The number of quaternary nitrogens is 1. The summed E-state index contributed by atoms with van der Waals surface area (Å²) in [7, 11) is -3.99. The Kier molecular flexibility index (Phi) is 4.29. The number of nitrogens with zero attached hydrogens (tertiary/aromatic N) is 1. The van der Waals surface area contributed by atoms with Crippen LogP contribution in [-0.2, 0) is 16.2 Å².